The molecule has 2 N–H and O–H groups in total. The number of hydrogen-bond acceptors (Lipinski definition) is 3. The highest BCUT2D eigenvalue weighted by Crippen LogP contribution is 2.33. The Labute approximate surface area is 90.0 Å². The lowest BCUT2D eigenvalue weighted by molar-refractivity contribution is 0.119. The number of phenolic OH excluding ortho intramolecular Hbond substituents is 1. The molecule has 15 heavy (non-hydrogen) atoms. The Kier molecular flexibility index (Phi) is 2.93. The summed E-state index contributed by atoms with van der Waals surface area (Å²) in [4.78, 5) is 2.24. The van der Waals surface area contributed by atoms with Crippen LogP contribution in [0.2, 0.25) is 0 Å². The third-order valence-electron chi connectivity index (χ3n) is 3.09. The van der Waals surface area contributed by atoms with Crippen LogP contribution >= 0.6 is 0 Å². The zero-order valence-corrected chi connectivity index (χ0v) is 8.93. The molecular formula is C12H17NO2. The van der Waals surface area contributed by atoms with Crippen LogP contribution in [0, 0.1) is 0 Å². The summed E-state index contributed by atoms with van der Waals surface area (Å²) in [5.74, 6) is 0.266. The average molecular weight is 207 g/mol. The number of nitrogens with zero attached hydrogens (tertiary/aromatic N) is 1. The molecule has 1 aromatic carbocycles. The van der Waals surface area contributed by atoms with Gasteiger partial charge in [0.25, 0.3) is 0 Å². The predicted molar refractivity (Wildman–Crippen MR) is 58.7 cm³/mol. The van der Waals surface area contributed by atoms with Gasteiger partial charge in [-0.3, -0.25) is 4.90 Å². The van der Waals surface area contributed by atoms with Gasteiger partial charge in [0.05, 0.1) is 12.1 Å². The molecule has 0 bridgehead atoms. The second kappa shape index (κ2) is 4.21. The maximum absolute atomic E-state index is 9.91. The number of rotatable bonds is 2. The fourth-order valence-corrected chi connectivity index (χ4v) is 2.33. The van der Waals surface area contributed by atoms with E-state index in [1.54, 1.807) is 12.1 Å². The van der Waals surface area contributed by atoms with Gasteiger partial charge in [-0.15, -0.1) is 0 Å². The summed E-state index contributed by atoms with van der Waals surface area (Å²) < 4.78 is 0. The van der Waals surface area contributed by atoms with Crippen molar-refractivity contribution in [3.8, 4) is 5.75 Å². The molecule has 2 rings (SSSR count). The third-order valence-corrected chi connectivity index (χ3v) is 3.09. The van der Waals surface area contributed by atoms with Gasteiger partial charge in [-0.2, -0.15) is 0 Å². The minimum Gasteiger partial charge on any atom is -0.508 e. The Hall–Kier alpha value is -1.06. The first-order valence-electron chi connectivity index (χ1n) is 5.43. The number of phenols is 1. The van der Waals surface area contributed by atoms with E-state index in [4.69, 9.17) is 0 Å². The van der Waals surface area contributed by atoms with Crippen LogP contribution in [0.1, 0.15) is 24.9 Å². The molecule has 1 heterocycles. The fraction of sp³-hybridized carbons (Fsp3) is 0.500. The molecule has 1 saturated heterocycles. The van der Waals surface area contributed by atoms with Gasteiger partial charge in [0.15, 0.2) is 0 Å². The molecule has 1 aromatic rings. The van der Waals surface area contributed by atoms with Crippen LogP contribution in [-0.2, 0) is 0 Å². The van der Waals surface area contributed by atoms with Crippen molar-refractivity contribution >= 4 is 0 Å². The van der Waals surface area contributed by atoms with Crippen molar-refractivity contribution in [3.63, 3.8) is 0 Å². The van der Waals surface area contributed by atoms with Crippen molar-refractivity contribution in [1.29, 1.82) is 0 Å². The lowest BCUT2D eigenvalue weighted by Gasteiger charge is -2.25. The van der Waals surface area contributed by atoms with Crippen LogP contribution in [-0.4, -0.2) is 34.3 Å². The maximum atomic E-state index is 9.91. The molecule has 1 aliphatic heterocycles. The first kappa shape index (κ1) is 10.5. The second-order valence-corrected chi connectivity index (χ2v) is 4.02. The van der Waals surface area contributed by atoms with Gasteiger partial charge < -0.3 is 10.2 Å². The number of hydrogen-bond donors (Lipinski definition) is 2. The van der Waals surface area contributed by atoms with Gasteiger partial charge >= 0.3 is 0 Å². The molecule has 1 fully saturated rings. The lowest BCUT2D eigenvalue weighted by Crippen LogP contribution is -2.27. The molecule has 3 heteroatoms. The summed E-state index contributed by atoms with van der Waals surface area (Å²) in [6.07, 6.45) is 0.500. The standard InChI is InChI=1S/C12H17NO2/c1-2-13-7-6-11(15)12(13)9-4-3-5-10(14)8-9/h3-5,8,11-12,14-15H,2,6-7H2,1H3. The molecule has 0 spiro atoms. The zero-order valence-electron chi connectivity index (χ0n) is 8.93. The first-order valence-corrected chi connectivity index (χ1v) is 5.43. The molecule has 0 amide bonds. The lowest BCUT2D eigenvalue weighted by atomic mass is 10.0. The van der Waals surface area contributed by atoms with Crippen molar-refractivity contribution in [2.75, 3.05) is 13.1 Å². The van der Waals surface area contributed by atoms with Crippen molar-refractivity contribution in [1.82, 2.24) is 4.90 Å². The van der Waals surface area contributed by atoms with E-state index in [0.29, 0.717) is 0 Å². The number of likely N-dealkylation sites (tertiary alicyclic amines) is 1. The first-order chi connectivity index (χ1) is 7.22. The van der Waals surface area contributed by atoms with E-state index in [0.717, 1.165) is 25.1 Å². The predicted octanol–water partition coefficient (Wildman–Crippen LogP) is 1.52. The van der Waals surface area contributed by atoms with Crippen molar-refractivity contribution in [2.24, 2.45) is 0 Å². The van der Waals surface area contributed by atoms with E-state index in [2.05, 4.69) is 11.8 Å². The summed E-state index contributed by atoms with van der Waals surface area (Å²) in [5, 5.41) is 19.3. The van der Waals surface area contributed by atoms with Gasteiger partial charge in [-0.25, -0.2) is 0 Å². The van der Waals surface area contributed by atoms with Gasteiger partial charge in [0, 0.05) is 6.54 Å². The molecule has 0 aliphatic carbocycles. The number of benzene rings is 1. The Bertz CT molecular complexity index is 340. The van der Waals surface area contributed by atoms with Gasteiger partial charge in [0.1, 0.15) is 5.75 Å². The fourth-order valence-electron chi connectivity index (χ4n) is 2.33. The van der Waals surface area contributed by atoms with E-state index >= 15 is 0 Å². The minimum absolute atomic E-state index is 0.0436. The Morgan fingerprint density at radius 3 is 2.93 bits per heavy atom. The van der Waals surface area contributed by atoms with E-state index in [1.165, 1.54) is 0 Å². The maximum Gasteiger partial charge on any atom is 0.115 e. The molecule has 0 radical (unpaired) electrons. The Morgan fingerprint density at radius 1 is 1.47 bits per heavy atom. The minimum atomic E-state index is -0.313. The Balaban J connectivity index is 2.28. The van der Waals surface area contributed by atoms with Gasteiger partial charge in [-0.05, 0) is 30.7 Å². The summed E-state index contributed by atoms with van der Waals surface area (Å²) >= 11 is 0. The number of aliphatic hydroxyl groups excluding tert-OH is 1. The van der Waals surface area contributed by atoms with E-state index < -0.39 is 0 Å². The number of aromatic hydroxyl groups is 1. The molecular weight excluding hydrogens is 190 g/mol. The summed E-state index contributed by atoms with van der Waals surface area (Å²) in [6.45, 7) is 3.95. The third kappa shape index (κ3) is 1.98. The average Bonchev–Trinajstić information content (AvgIpc) is 2.59. The van der Waals surface area contributed by atoms with E-state index in [9.17, 15) is 10.2 Å². The highest BCUT2D eigenvalue weighted by atomic mass is 16.3. The molecule has 2 atom stereocenters. The molecule has 0 aromatic heterocycles. The quantitative estimate of drug-likeness (QED) is 0.772. The number of likely N-dealkylation sites (N-methyl/N-ethyl adjacent to an activating group) is 1. The van der Waals surface area contributed by atoms with E-state index in [-0.39, 0.29) is 17.9 Å². The summed E-state index contributed by atoms with van der Waals surface area (Å²) in [6, 6.07) is 7.22. The molecule has 1 aliphatic rings. The van der Waals surface area contributed by atoms with E-state index in [1.807, 2.05) is 12.1 Å². The monoisotopic (exact) mass is 207 g/mol. The smallest absolute Gasteiger partial charge is 0.115 e. The van der Waals surface area contributed by atoms with Crippen LogP contribution < -0.4 is 0 Å². The second-order valence-electron chi connectivity index (χ2n) is 4.02. The molecule has 82 valence electrons. The number of aliphatic hydroxyl groups is 1. The molecule has 0 saturated carbocycles. The topological polar surface area (TPSA) is 43.7 Å². The van der Waals surface area contributed by atoms with Crippen LogP contribution in [0.15, 0.2) is 24.3 Å². The summed E-state index contributed by atoms with van der Waals surface area (Å²) in [5.41, 5.74) is 1.00. The van der Waals surface area contributed by atoms with Crippen molar-refractivity contribution < 1.29 is 10.2 Å². The van der Waals surface area contributed by atoms with Gasteiger partial charge in [-0.1, -0.05) is 19.1 Å². The highest BCUT2D eigenvalue weighted by Gasteiger charge is 2.32. The Morgan fingerprint density at radius 2 is 2.27 bits per heavy atom. The zero-order chi connectivity index (χ0) is 10.8. The van der Waals surface area contributed by atoms with Crippen molar-refractivity contribution in [3.05, 3.63) is 29.8 Å². The van der Waals surface area contributed by atoms with Crippen LogP contribution in [0.3, 0.4) is 0 Å². The molecule has 3 nitrogen and oxygen atoms in total. The molecule has 2 unspecified atom stereocenters. The summed E-state index contributed by atoms with van der Waals surface area (Å²) in [7, 11) is 0. The van der Waals surface area contributed by atoms with Crippen LogP contribution in [0.5, 0.6) is 5.75 Å². The van der Waals surface area contributed by atoms with Crippen LogP contribution in [0.4, 0.5) is 0 Å². The van der Waals surface area contributed by atoms with Gasteiger partial charge in [0.2, 0.25) is 0 Å². The van der Waals surface area contributed by atoms with Crippen molar-refractivity contribution in [2.45, 2.75) is 25.5 Å². The highest BCUT2D eigenvalue weighted by molar-refractivity contribution is 5.30. The van der Waals surface area contributed by atoms with Crippen LogP contribution in [0.25, 0.3) is 0 Å². The largest absolute Gasteiger partial charge is 0.508 e. The normalized spacial score (nSPS) is 27.1. The SMILES string of the molecule is CCN1CCC(O)C1c1cccc(O)c1.